The van der Waals surface area contributed by atoms with Crippen LogP contribution < -0.4 is 0 Å². The van der Waals surface area contributed by atoms with Crippen molar-refractivity contribution in [2.45, 2.75) is 32.2 Å². The van der Waals surface area contributed by atoms with Crippen molar-refractivity contribution in [3.63, 3.8) is 0 Å². The Balaban J connectivity index is 1.80. The van der Waals surface area contributed by atoms with Crippen LogP contribution in [-0.2, 0) is 9.53 Å². The van der Waals surface area contributed by atoms with Gasteiger partial charge in [-0.3, -0.25) is 9.59 Å². The summed E-state index contributed by atoms with van der Waals surface area (Å²) in [6, 6.07) is 11.4. The van der Waals surface area contributed by atoms with Crippen LogP contribution >= 0.6 is 11.3 Å². The van der Waals surface area contributed by atoms with Gasteiger partial charge in [0.25, 0.3) is 5.91 Å². The third-order valence-corrected chi connectivity index (χ3v) is 7.20. The lowest BCUT2D eigenvalue weighted by Gasteiger charge is -2.44. The molecule has 2 amide bonds. The number of hydrogen-bond acceptors (Lipinski definition) is 4. The van der Waals surface area contributed by atoms with Crippen molar-refractivity contribution in [3.8, 4) is 0 Å². The largest absolute Gasteiger partial charge is 0.383 e. The Kier molecular flexibility index (Phi) is 6.25. The molecule has 4 rings (SSSR count). The van der Waals surface area contributed by atoms with Crippen LogP contribution in [-0.4, -0.2) is 55.0 Å². The molecule has 1 saturated heterocycles. The molecule has 0 bridgehead atoms. The van der Waals surface area contributed by atoms with Gasteiger partial charge in [-0.15, -0.1) is 11.3 Å². The van der Waals surface area contributed by atoms with Crippen LogP contribution in [0.5, 0.6) is 0 Å². The number of methoxy groups -OCH3 is 1. The molecule has 0 saturated carbocycles. The molecule has 0 unspecified atom stereocenters. The minimum Gasteiger partial charge on any atom is -0.383 e. The van der Waals surface area contributed by atoms with Gasteiger partial charge in [-0.2, -0.15) is 0 Å². The molecule has 1 aromatic heterocycles. The molecular weight excluding hydrogens is 396 g/mol. The van der Waals surface area contributed by atoms with Crippen molar-refractivity contribution in [1.82, 2.24) is 9.80 Å². The van der Waals surface area contributed by atoms with Gasteiger partial charge >= 0.3 is 0 Å². The number of ether oxygens (including phenoxy) is 1. The standard InChI is InChI=1S/C24H30N2O3S/c1-16-13-17(2)15-25(14-16)24(28)21-18-7-4-5-8-19(18)23(27)26(10-11-29-3)22(21)20-9-6-12-30-20/h4-9,12,16-17,21-22H,10-11,13-15H2,1-3H3/t16-,17+,21-,22+/m0/s1. The number of rotatable bonds is 5. The quantitative estimate of drug-likeness (QED) is 0.721. The van der Waals surface area contributed by atoms with Gasteiger partial charge in [-0.05, 0) is 41.3 Å². The number of benzene rings is 1. The first kappa shape index (κ1) is 21.1. The number of nitrogens with zero attached hydrogens (tertiary/aromatic N) is 2. The zero-order chi connectivity index (χ0) is 21.3. The topological polar surface area (TPSA) is 49.9 Å². The van der Waals surface area contributed by atoms with E-state index in [1.54, 1.807) is 18.4 Å². The summed E-state index contributed by atoms with van der Waals surface area (Å²) < 4.78 is 5.30. The van der Waals surface area contributed by atoms with Gasteiger partial charge in [0, 0.05) is 37.2 Å². The number of piperidine rings is 1. The summed E-state index contributed by atoms with van der Waals surface area (Å²) in [5.41, 5.74) is 1.49. The predicted molar refractivity (Wildman–Crippen MR) is 119 cm³/mol. The first-order valence-corrected chi connectivity index (χ1v) is 11.6. The summed E-state index contributed by atoms with van der Waals surface area (Å²) in [6.45, 7) is 6.90. The van der Waals surface area contributed by atoms with Gasteiger partial charge in [0.1, 0.15) is 0 Å². The summed E-state index contributed by atoms with van der Waals surface area (Å²) in [4.78, 5) is 32.4. The summed E-state index contributed by atoms with van der Waals surface area (Å²) in [6.07, 6.45) is 1.15. The summed E-state index contributed by atoms with van der Waals surface area (Å²) in [7, 11) is 1.64. The number of carbonyl (C=O) groups excluding carboxylic acids is 2. The lowest BCUT2D eigenvalue weighted by atomic mass is 9.80. The van der Waals surface area contributed by atoms with E-state index >= 15 is 0 Å². The van der Waals surface area contributed by atoms with Crippen LogP contribution in [0, 0.1) is 11.8 Å². The van der Waals surface area contributed by atoms with E-state index in [-0.39, 0.29) is 17.9 Å². The summed E-state index contributed by atoms with van der Waals surface area (Å²) in [5, 5.41) is 2.02. The second kappa shape index (κ2) is 8.90. The Labute approximate surface area is 182 Å². The van der Waals surface area contributed by atoms with E-state index in [2.05, 4.69) is 13.8 Å². The molecule has 0 radical (unpaired) electrons. The zero-order valence-corrected chi connectivity index (χ0v) is 18.7. The minimum atomic E-state index is -0.396. The Morgan fingerprint density at radius 3 is 2.53 bits per heavy atom. The highest BCUT2D eigenvalue weighted by molar-refractivity contribution is 7.10. The molecule has 0 aliphatic carbocycles. The van der Waals surface area contributed by atoms with E-state index in [4.69, 9.17) is 4.74 Å². The maximum absolute atomic E-state index is 14.0. The molecule has 0 N–H and O–H groups in total. The van der Waals surface area contributed by atoms with Crippen LogP contribution in [0.4, 0.5) is 0 Å². The molecule has 30 heavy (non-hydrogen) atoms. The van der Waals surface area contributed by atoms with Gasteiger partial charge in [0.2, 0.25) is 5.91 Å². The highest BCUT2D eigenvalue weighted by atomic mass is 32.1. The molecule has 2 aliphatic rings. The van der Waals surface area contributed by atoms with Gasteiger partial charge < -0.3 is 14.5 Å². The second-order valence-electron chi connectivity index (χ2n) is 8.71. The molecule has 6 heteroatoms. The molecule has 1 aromatic carbocycles. The van der Waals surface area contributed by atoms with Gasteiger partial charge in [-0.25, -0.2) is 0 Å². The van der Waals surface area contributed by atoms with Crippen molar-refractivity contribution in [3.05, 3.63) is 57.8 Å². The Morgan fingerprint density at radius 2 is 1.87 bits per heavy atom. The fourth-order valence-electron chi connectivity index (χ4n) is 5.11. The lowest BCUT2D eigenvalue weighted by molar-refractivity contribution is -0.137. The molecule has 3 heterocycles. The summed E-state index contributed by atoms with van der Waals surface area (Å²) >= 11 is 1.61. The van der Waals surface area contributed by atoms with Crippen molar-refractivity contribution in [2.75, 3.05) is 33.4 Å². The van der Waals surface area contributed by atoms with Crippen LogP contribution in [0.2, 0.25) is 0 Å². The molecule has 160 valence electrons. The normalized spacial score (nSPS) is 26.6. The van der Waals surface area contributed by atoms with E-state index in [0.717, 1.165) is 30.0 Å². The number of fused-ring (bicyclic) bond motifs is 1. The Morgan fingerprint density at radius 1 is 1.13 bits per heavy atom. The second-order valence-corrected chi connectivity index (χ2v) is 9.69. The minimum absolute atomic E-state index is 0.0227. The third-order valence-electron chi connectivity index (χ3n) is 6.26. The molecule has 1 fully saturated rings. The smallest absolute Gasteiger partial charge is 0.254 e. The van der Waals surface area contributed by atoms with Crippen LogP contribution in [0.1, 0.15) is 53.0 Å². The van der Waals surface area contributed by atoms with Gasteiger partial charge in [-0.1, -0.05) is 38.1 Å². The van der Waals surface area contributed by atoms with E-state index < -0.39 is 5.92 Å². The SMILES string of the molecule is COCCN1C(=O)c2ccccc2[C@H](C(=O)N2C[C@H](C)C[C@H](C)C2)[C@H]1c1cccs1. The number of amides is 2. The fraction of sp³-hybridized carbons (Fsp3) is 0.500. The average Bonchev–Trinajstić information content (AvgIpc) is 3.26. The highest BCUT2D eigenvalue weighted by Crippen LogP contribution is 2.45. The van der Waals surface area contributed by atoms with Crippen molar-refractivity contribution < 1.29 is 14.3 Å². The van der Waals surface area contributed by atoms with Crippen LogP contribution in [0.3, 0.4) is 0 Å². The van der Waals surface area contributed by atoms with Gasteiger partial charge in [0.15, 0.2) is 0 Å². The number of thiophene rings is 1. The number of likely N-dealkylation sites (tertiary alicyclic amines) is 1. The molecular formula is C24H30N2O3S. The van der Waals surface area contributed by atoms with Crippen LogP contribution in [0.15, 0.2) is 41.8 Å². The van der Waals surface area contributed by atoms with E-state index in [1.807, 2.05) is 51.6 Å². The average molecular weight is 427 g/mol. The number of carbonyl (C=O) groups is 2. The van der Waals surface area contributed by atoms with E-state index in [1.165, 1.54) is 0 Å². The first-order valence-electron chi connectivity index (χ1n) is 10.7. The molecule has 0 spiro atoms. The van der Waals surface area contributed by atoms with Crippen LogP contribution in [0.25, 0.3) is 0 Å². The highest BCUT2D eigenvalue weighted by Gasteiger charge is 2.46. The zero-order valence-electron chi connectivity index (χ0n) is 17.9. The molecule has 2 aromatic rings. The Hall–Kier alpha value is -2.18. The lowest BCUT2D eigenvalue weighted by Crippen LogP contribution is -2.51. The van der Waals surface area contributed by atoms with E-state index in [9.17, 15) is 9.59 Å². The monoisotopic (exact) mass is 426 g/mol. The maximum atomic E-state index is 14.0. The van der Waals surface area contributed by atoms with Crippen molar-refractivity contribution in [1.29, 1.82) is 0 Å². The van der Waals surface area contributed by atoms with Crippen molar-refractivity contribution in [2.24, 2.45) is 11.8 Å². The fourth-order valence-corrected chi connectivity index (χ4v) is 5.98. The third kappa shape index (κ3) is 3.91. The van der Waals surface area contributed by atoms with E-state index in [0.29, 0.717) is 30.6 Å². The predicted octanol–water partition coefficient (Wildman–Crippen LogP) is 4.18. The molecule has 2 aliphatic heterocycles. The molecule has 5 nitrogen and oxygen atoms in total. The van der Waals surface area contributed by atoms with Crippen molar-refractivity contribution >= 4 is 23.2 Å². The Bertz CT molecular complexity index is 888. The van der Waals surface area contributed by atoms with Gasteiger partial charge in [0.05, 0.1) is 18.6 Å². The number of hydrogen-bond donors (Lipinski definition) is 0. The molecule has 4 atom stereocenters. The first-order chi connectivity index (χ1) is 14.5. The summed E-state index contributed by atoms with van der Waals surface area (Å²) in [5.74, 6) is 0.692. The maximum Gasteiger partial charge on any atom is 0.254 e.